The molecule has 20 heavy (non-hydrogen) atoms. The second kappa shape index (κ2) is 10.7. The van der Waals surface area contributed by atoms with Gasteiger partial charge in [0.25, 0.3) is 0 Å². The van der Waals surface area contributed by atoms with Crippen molar-refractivity contribution in [1.29, 1.82) is 0 Å². The molecule has 1 aliphatic carbocycles. The minimum absolute atomic E-state index is 0.756. The van der Waals surface area contributed by atoms with Gasteiger partial charge >= 0.3 is 0 Å². The van der Waals surface area contributed by atoms with Crippen LogP contribution in [0, 0.1) is 11.3 Å². The molecule has 120 valence electrons. The molecule has 0 saturated heterocycles. The maximum atomic E-state index is 2.35. The Kier molecular flexibility index (Phi) is 9.65. The molecule has 0 heteroatoms. The SMILES string of the molecule is CCCCCCC1CCC(CCCC)(CCCC)CC1. The predicted octanol–water partition coefficient (Wildman–Crippen LogP) is 7.51. The summed E-state index contributed by atoms with van der Waals surface area (Å²) in [7, 11) is 0. The maximum Gasteiger partial charge on any atom is -0.0297 e. The molecule has 0 aromatic rings. The van der Waals surface area contributed by atoms with Crippen LogP contribution in [0.5, 0.6) is 0 Å². The lowest BCUT2D eigenvalue weighted by atomic mass is 9.65. The van der Waals surface area contributed by atoms with E-state index < -0.39 is 0 Å². The zero-order valence-electron chi connectivity index (χ0n) is 14.7. The lowest BCUT2D eigenvalue weighted by Gasteiger charge is -2.41. The molecule has 1 saturated carbocycles. The zero-order chi connectivity index (χ0) is 14.7. The molecular formula is C20H40. The molecule has 1 aliphatic rings. The van der Waals surface area contributed by atoms with Crippen molar-refractivity contribution in [2.24, 2.45) is 11.3 Å². The van der Waals surface area contributed by atoms with Crippen molar-refractivity contribution >= 4 is 0 Å². The van der Waals surface area contributed by atoms with Crippen molar-refractivity contribution in [3.8, 4) is 0 Å². The van der Waals surface area contributed by atoms with Gasteiger partial charge in [0.1, 0.15) is 0 Å². The highest BCUT2D eigenvalue weighted by Crippen LogP contribution is 2.47. The summed E-state index contributed by atoms with van der Waals surface area (Å²) in [6, 6.07) is 0. The van der Waals surface area contributed by atoms with Crippen LogP contribution in [-0.2, 0) is 0 Å². The highest BCUT2D eigenvalue weighted by atomic mass is 14.4. The minimum Gasteiger partial charge on any atom is -0.0654 e. The molecule has 0 amide bonds. The van der Waals surface area contributed by atoms with Crippen LogP contribution in [0.3, 0.4) is 0 Å². The van der Waals surface area contributed by atoms with E-state index in [9.17, 15) is 0 Å². The van der Waals surface area contributed by atoms with Gasteiger partial charge in [0, 0.05) is 0 Å². The van der Waals surface area contributed by atoms with E-state index in [1.54, 1.807) is 25.7 Å². The largest absolute Gasteiger partial charge is 0.0654 e. The Morgan fingerprint density at radius 2 is 1.25 bits per heavy atom. The van der Waals surface area contributed by atoms with Crippen LogP contribution in [0.15, 0.2) is 0 Å². The third-order valence-electron chi connectivity index (χ3n) is 5.75. The second-order valence-electron chi connectivity index (χ2n) is 7.50. The van der Waals surface area contributed by atoms with E-state index in [-0.39, 0.29) is 0 Å². The van der Waals surface area contributed by atoms with Gasteiger partial charge in [-0.15, -0.1) is 0 Å². The van der Waals surface area contributed by atoms with Gasteiger partial charge in [-0.3, -0.25) is 0 Å². The molecule has 0 atom stereocenters. The highest BCUT2D eigenvalue weighted by molar-refractivity contribution is 4.85. The van der Waals surface area contributed by atoms with Gasteiger partial charge in [0.05, 0.1) is 0 Å². The molecular weight excluding hydrogens is 240 g/mol. The quantitative estimate of drug-likeness (QED) is 0.343. The zero-order valence-corrected chi connectivity index (χ0v) is 14.7. The molecule has 1 rings (SSSR count). The Labute approximate surface area is 129 Å². The minimum atomic E-state index is 0.756. The maximum absolute atomic E-state index is 2.35. The fraction of sp³-hybridized carbons (Fsp3) is 1.00. The van der Waals surface area contributed by atoms with Gasteiger partial charge < -0.3 is 0 Å². The third kappa shape index (κ3) is 6.64. The average molecular weight is 281 g/mol. The van der Waals surface area contributed by atoms with Crippen LogP contribution in [0.25, 0.3) is 0 Å². The molecule has 0 aliphatic heterocycles. The van der Waals surface area contributed by atoms with Crippen LogP contribution in [-0.4, -0.2) is 0 Å². The highest BCUT2D eigenvalue weighted by Gasteiger charge is 2.33. The first-order valence-corrected chi connectivity index (χ1v) is 9.76. The smallest absolute Gasteiger partial charge is 0.0297 e. The summed E-state index contributed by atoms with van der Waals surface area (Å²) in [5, 5.41) is 0. The summed E-state index contributed by atoms with van der Waals surface area (Å²) in [6.45, 7) is 7.02. The molecule has 0 heterocycles. The van der Waals surface area contributed by atoms with Gasteiger partial charge in [0.15, 0.2) is 0 Å². The Bertz CT molecular complexity index is 200. The monoisotopic (exact) mass is 280 g/mol. The average Bonchev–Trinajstić information content (AvgIpc) is 2.49. The van der Waals surface area contributed by atoms with E-state index in [2.05, 4.69) is 20.8 Å². The van der Waals surface area contributed by atoms with Crippen molar-refractivity contribution in [3.63, 3.8) is 0 Å². The Hall–Kier alpha value is 0. The standard InChI is InChI=1S/C20H40/c1-4-7-10-11-12-19-13-17-20(18-14-19,15-8-5-2)16-9-6-3/h19H,4-18H2,1-3H3. The van der Waals surface area contributed by atoms with E-state index in [1.165, 1.54) is 70.6 Å². The third-order valence-corrected chi connectivity index (χ3v) is 5.75. The molecule has 1 fully saturated rings. The lowest BCUT2D eigenvalue weighted by Crippen LogP contribution is -2.27. The predicted molar refractivity (Wildman–Crippen MR) is 92.2 cm³/mol. The molecule has 0 radical (unpaired) electrons. The summed E-state index contributed by atoms with van der Waals surface area (Å²) < 4.78 is 0. The summed E-state index contributed by atoms with van der Waals surface area (Å²) in [6.07, 6.45) is 22.2. The molecule has 0 spiro atoms. The van der Waals surface area contributed by atoms with E-state index >= 15 is 0 Å². The number of rotatable bonds is 11. The Morgan fingerprint density at radius 1 is 0.700 bits per heavy atom. The summed E-state index contributed by atoms with van der Waals surface area (Å²) >= 11 is 0. The van der Waals surface area contributed by atoms with Crippen LogP contribution in [0.2, 0.25) is 0 Å². The van der Waals surface area contributed by atoms with Crippen molar-refractivity contribution in [2.75, 3.05) is 0 Å². The number of hydrogen-bond donors (Lipinski definition) is 0. The Balaban J connectivity index is 2.30. The molecule has 0 aromatic heterocycles. The van der Waals surface area contributed by atoms with Crippen molar-refractivity contribution in [1.82, 2.24) is 0 Å². The van der Waals surface area contributed by atoms with Crippen molar-refractivity contribution in [2.45, 2.75) is 117 Å². The molecule has 0 N–H and O–H groups in total. The van der Waals surface area contributed by atoms with Gasteiger partial charge in [0.2, 0.25) is 0 Å². The van der Waals surface area contributed by atoms with E-state index in [0.29, 0.717) is 0 Å². The van der Waals surface area contributed by atoms with E-state index in [4.69, 9.17) is 0 Å². The topological polar surface area (TPSA) is 0 Å². The Morgan fingerprint density at radius 3 is 1.75 bits per heavy atom. The van der Waals surface area contributed by atoms with Crippen LogP contribution in [0.1, 0.15) is 117 Å². The molecule has 0 nitrogen and oxygen atoms in total. The van der Waals surface area contributed by atoms with Crippen LogP contribution in [0.4, 0.5) is 0 Å². The van der Waals surface area contributed by atoms with E-state index in [1.807, 2.05) is 0 Å². The summed E-state index contributed by atoms with van der Waals surface area (Å²) in [4.78, 5) is 0. The lowest BCUT2D eigenvalue weighted by molar-refractivity contribution is 0.113. The molecule has 0 aromatic carbocycles. The first-order valence-electron chi connectivity index (χ1n) is 9.76. The molecule has 0 bridgehead atoms. The van der Waals surface area contributed by atoms with Crippen molar-refractivity contribution in [3.05, 3.63) is 0 Å². The normalized spacial score (nSPS) is 19.4. The van der Waals surface area contributed by atoms with Crippen LogP contribution < -0.4 is 0 Å². The fourth-order valence-electron chi connectivity index (χ4n) is 4.17. The summed E-state index contributed by atoms with van der Waals surface area (Å²) in [5.41, 5.74) is 0.756. The first-order chi connectivity index (χ1) is 9.76. The number of hydrogen-bond acceptors (Lipinski definition) is 0. The van der Waals surface area contributed by atoms with Gasteiger partial charge in [-0.05, 0) is 49.9 Å². The fourth-order valence-corrected chi connectivity index (χ4v) is 4.17. The van der Waals surface area contributed by atoms with Gasteiger partial charge in [-0.25, -0.2) is 0 Å². The second-order valence-corrected chi connectivity index (χ2v) is 7.50. The molecule has 0 unspecified atom stereocenters. The summed E-state index contributed by atoms with van der Waals surface area (Å²) in [5.74, 6) is 1.07. The van der Waals surface area contributed by atoms with Gasteiger partial charge in [-0.2, -0.15) is 0 Å². The first kappa shape index (κ1) is 18.1. The van der Waals surface area contributed by atoms with Crippen LogP contribution >= 0.6 is 0 Å². The van der Waals surface area contributed by atoms with Gasteiger partial charge in [-0.1, -0.05) is 78.6 Å². The van der Waals surface area contributed by atoms with Crippen molar-refractivity contribution < 1.29 is 0 Å². The van der Waals surface area contributed by atoms with E-state index in [0.717, 1.165) is 11.3 Å². The number of unbranched alkanes of at least 4 members (excludes halogenated alkanes) is 5.